The van der Waals surface area contributed by atoms with Gasteiger partial charge in [-0.2, -0.15) is 0 Å². The Balaban J connectivity index is 2.19. The molecule has 0 fully saturated rings. The fraction of sp³-hybridized carbons (Fsp3) is 0.467. The largest absolute Gasteiger partial charge is 0.306 e. The van der Waals surface area contributed by atoms with Crippen LogP contribution in [0.3, 0.4) is 0 Å². The van der Waals surface area contributed by atoms with Crippen molar-refractivity contribution in [2.45, 2.75) is 13.3 Å². The highest BCUT2D eigenvalue weighted by atomic mass is 32.2. The van der Waals surface area contributed by atoms with Crippen molar-refractivity contribution in [1.29, 1.82) is 0 Å². The summed E-state index contributed by atoms with van der Waals surface area (Å²) < 4.78 is 24.2. The van der Waals surface area contributed by atoms with Crippen molar-refractivity contribution in [3.63, 3.8) is 0 Å². The van der Waals surface area contributed by atoms with Gasteiger partial charge in [-0.1, -0.05) is 37.0 Å². The highest BCUT2D eigenvalue weighted by Gasteiger charge is 2.12. The molecule has 110 valence electrons. The molecule has 0 unspecified atom stereocenters. The molecule has 0 heterocycles. The summed E-state index contributed by atoms with van der Waals surface area (Å²) in [5.41, 5.74) is 1.00. The Labute approximate surface area is 122 Å². The van der Waals surface area contributed by atoms with Gasteiger partial charge in [-0.3, -0.25) is 0 Å². The van der Waals surface area contributed by atoms with Gasteiger partial charge in [-0.15, -0.1) is 0 Å². The van der Waals surface area contributed by atoms with Crippen LogP contribution in [-0.4, -0.2) is 45.2 Å². The van der Waals surface area contributed by atoms with Crippen LogP contribution in [0.25, 0.3) is 0 Å². The third-order valence-corrected chi connectivity index (χ3v) is 4.18. The zero-order valence-electron chi connectivity index (χ0n) is 12.1. The van der Waals surface area contributed by atoms with E-state index in [0.717, 1.165) is 18.5 Å². The second-order valence-corrected chi connectivity index (χ2v) is 6.44. The third kappa shape index (κ3) is 6.71. The number of nitrogens with zero attached hydrogens (tertiary/aromatic N) is 1. The lowest BCUT2D eigenvalue weighted by Gasteiger charge is -2.17. The zero-order valence-corrected chi connectivity index (χ0v) is 12.9. The molecule has 0 saturated heterocycles. The van der Waals surface area contributed by atoms with Crippen LogP contribution < -0.4 is 5.32 Å². The maximum atomic E-state index is 11.4. The molecule has 0 aliphatic heterocycles. The van der Waals surface area contributed by atoms with E-state index in [1.807, 2.05) is 37.3 Å². The molecule has 0 radical (unpaired) electrons. The zero-order chi connectivity index (χ0) is 14.8. The minimum Gasteiger partial charge on any atom is -0.306 e. The normalized spacial score (nSPS) is 11.2. The molecule has 0 atom stereocenters. The fourth-order valence-corrected chi connectivity index (χ4v) is 2.69. The van der Waals surface area contributed by atoms with Gasteiger partial charge in [-0.05, 0) is 25.1 Å². The summed E-state index contributed by atoms with van der Waals surface area (Å²) in [6, 6.07) is 9.82. The van der Waals surface area contributed by atoms with Crippen LogP contribution >= 0.6 is 0 Å². The molecule has 0 bridgehead atoms. The number of benzene rings is 1. The quantitative estimate of drug-likeness (QED) is 0.609. The molecule has 1 aromatic rings. The van der Waals surface area contributed by atoms with E-state index < -0.39 is 10.0 Å². The lowest BCUT2D eigenvalue weighted by atomic mass is 10.2. The van der Waals surface area contributed by atoms with Crippen LogP contribution in [0, 0.1) is 11.8 Å². The molecule has 0 aliphatic carbocycles. The van der Waals surface area contributed by atoms with E-state index in [1.54, 1.807) is 0 Å². The fourth-order valence-electron chi connectivity index (χ4n) is 1.76. The number of sulfonamides is 1. The molecule has 0 aromatic heterocycles. The van der Waals surface area contributed by atoms with Crippen molar-refractivity contribution < 1.29 is 8.42 Å². The van der Waals surface area contributed by atoms with Crippen molar-refractivity contribution in [2.75, 3.05) is 32.4 Å². The first-order valence-corrected chi connectivity index (χ1v) is 8.58. The second kappa shape index (κ2) is 8.75. The van der Waals surface area contributed by atoms with Gasteiger partial charge in [0.15, 0.2) is 0 Å². The first-order valence-electron chi connectivity index (χ1n) is 6.74. The lowest BCUT2D eigenvalue weighted by Crippen LogP contribution is -2.32. The minimum absolute atomic E-state index is 0.520. The maximum Gasteiger partial charge on any atom is 0.211 e. The van der Waals surface area contributed by atoms with Gasteiger partial charge in [0.2, 0.25) is 10.0 Å². The molecular formula is C15H22N2O2S. The van der Waals surface area contributed by atoms with Crippen molar-refractivity contribution in [2.24, 2.45) is 0 Å². The Morgan fingerprint density at radius 3 is 2.55 bits per heavy atom. The number of rotatable bonds is 7. The van der Waals surface area contributed by atoms with E-state index >= 15 is 0 Å². The summed E-state index contributed by atoms with van der Waals surface area (Å²) in [5.74, 6) is 6.10. The Bertz CT molecular complexity index is 544. The summed E-state index contributed by atoms with van der Waals surface area (Å²) in [5, 5.41) is 3.19. The monoisotopic (exact) mass is 294 g/mol. The lowest BCUT2D eigenvalue weighted by molar-refractivity contribution is 0.421. The average Bonchev–Trinajstić information content (AvgIpc) is 2.41. The van der Waals surface area contributed by atoms with Gasteiger partial charge in [0, 0.05) is 18.7 Å². The molecule has 1 aromatic carbocycles. The molecule has 0 amide bonds. The smallest absolute Gasteiger partial charge is 0.211 e. The highest BCUT2D eigenvalue weighted by molar-refractivity contribution is 7.88. The van der Waals surface area contributed by atoms with Crippen molar-refractivity contribution in [1.82, 2.24) is 9.62 Å². The molecule has 5 heteroatoms. The molecule has 0 saturated carbocycles. The van der Waals surface area contributed by atoms with E-state index in [-0.39, 0.29) is 0 Å². The minimum atomic E-state index is -3.07. The van der Waals surface area contributed by atoms with Crippen molar-refractivity contribution in [3.8, 4) is 11.8 Å². The van der Waals surface area contributed by atoms with Crippen LogP contribution in [-0.2, 0) is 10.0 Å². The van der Waals surface area contributed by atoms with Gasteiger partial charge in [0.1, 0.15) is 0 Å². The molecule has 0 spiro atoms. The Morgan fingerprint density at radius 2 is 1.95 bits per heavy atom. The van der Waals surface area contributed by atoms with E-state index in [9.17, 15) is 8.42 Å². The maximum absolute atomic E-state index is 11.4. The van der Waals surface area contributed by atoms with E-state index in [1.165, 1.54) is 10.6 Å². The van der Waals surface area contributed by atoms with Crippen molar-refractivity contribution >= 4 is 10.0 Å². The molecule has 1 rings (SSSR count). The first-order chi connectivity index (χ1) is 9.54. The standard InChI is InChI=1S/C15H22N2O2S/c1-3-17(20(2,18)19)14-8-13-16-12-7-11-15-9-5-4-6-10-15/h4-6,9-10,16H,3,8,12-14H2,1-2H3. The molecule has 0 aliphatic rings. The van der Waals surface area contributed by atoms with Crippen LogP contribution in [0.5, 0.6) is 0 Å². The number of hydrogen-bond donors (Lipinski definition) is 1. The Morgan fingerprint density at radius 1 is 1.25 bits per heavy atom. The number of hydrogen-bond acceptors (Lipinski definition) is 3. The predicted molar refractivity (Wildman–Crippen MR) is 82.9 cm³/mol. The molecule has 1 N–H and O–H groups in total. The van der Waals surface area contributed by atoms with Crippen LogP contribution in [0.4, 0.5) is 0 Å². The third-order valence-electron chi connectivity index (χ3n) is 2.80. The van der Waals surface area contributed by atoms with E-state index in [2.05, 4.69) is 17.2 Å². The van der Waals surface area contributed by atoms with Crippen LogP contribution in [0.1, 0.15) is 18.9 Å². The van der Waals surface area contributed by atoms with Crippen LogP contribution in [0.2, 0.25) is 0 Å². The van der Waals surface area contributed by atoms with Gasteiger partial charge in [0.05, 0.1) is 12.8 Å². The van der Waals surface area contributed by atoms with Gasteiger partial charge in [0.25, 0.3) is 0 Å². The average molecular weight is 294 g/mol. The summed E-state index contributed by atoms with van der Waals surface area (Å²) in [6.45, 7) is 4.29. The van der Waals surface area contributed by atoms with Gasteiger partial charge >= 0.3 is 0 Å². The van der Waals surface area contributed by atoms with Crippen molar-refractivity contribution in [3.05, 3.63) is 35.9 Å². The van der Waals surface area contributed by atoms with Gasteiger partial charge in [-0.25, -0.2) is 12.7 Å². The highest BCUT2D eigenvalue weighted by Crippen LogP contribution is 1.98. The molecule has 4 nitrogen and oxygen atoms in total. The first kappa shape index (κ1) is 16.7. The Kier molecular flexibility index (Phi) is 7.31. The second-order valence-electron chi connectivity index (χ2n) is 4.45. The van der Waals surface area contributed by atoms with E-state index in [0.29, 0.717) is 19.6 Å². The van der Waals surface area contributed by atoms with Crippen LogP contribution in [0.15, 0.2) is 30.3 Å². The summed E-state index contributed by atoms with van der Waals surface area (Å²) >= 11 is 0. The van der Waals surface area contributed by atoms with E-state index in [4.69, 9.17) is 0 Å². The summed E-state index contributed by atoms with van der Waals surface area (Å²) in [7, 11) is -3.07. The molecule has 20 heavy (non-hydrogen) atoms. The number of nitrogens with one attached hydrogen (secondary N) is 1. The molecular weight excluding hydrogens is 272 g/mol. The summed E-state index contributed by atoms with van der Waals surface area (Å²) in [6.07, 6.45) is 2.03. The van der Waals surface area contributed by atoms with Gasteiger partial charge < -0.3 is 5.32 Å². The predicted octanol–water partition coefficient (Wildman–Crippen LogP) is 1.30. The topological polar surface area (TPSA) is 49.4 Å². The SMILES string of the molecule is CCN(CCCNCC#Cc1ccccc1)S(C)(=O)=O. The summed E-state index contributed by atoms with van der Waals surface area (Å²) in [4.78, 5) is 0. The Hall–Kier alpha value is -1.35.